The molecule has 0 amide bonds. The van der Waals surface area contributed by atoms with Crippen LogP contribution >= 0.6 is 35.3 Å². The van der Waals surface area contributed by atoms with Crippen molar-refractivity contribution < 1.29 is 0 Å². The van der Waals surface area contributed by atoms with E-state index in [1.165, 1.54) is 0 Å². The Kier molecular flexibility index (Phi) is 5.47. The Morgan fingerprint density at radius 2 is 2.00 bits per heavy atom. The van der Waals surface area contributed by atoms with Gasteiger partial charge in [0, 0.05) is 24.8 Å². The van der Waals surface area contributed by atoms with Crippen LogP contribution in [0.2, 0.25) is 5.02 Å². The molecule has 1 aromatic carbocycles. The van der Waals surface area contributed by atoms with E-state index in [0.717, 1.165) is 21.8 Å². The van der Waals surface area contributed by atoms with Crippen LogP contribution in [0.15, 0.2) is 35.0 Å². The van der Waals surface area contributed by atoms with Gasteiger partial charge in [0.25, 0.3) is 0 Å². The molecule has 1 atom stereocenters. The molecule has 2 N–H and O–H groups in total. The number of nitrogens with zero attached hydrogens (tertiary/aromatic N) is 1. The predicted octanol–water partition coefficient (Wildman–Crippen LogP) is 3.94. The first kappa shape index (κ1) is 15.3. The van der Waals surface area contributed by atoms with Crippen molar-refractivity contribution >= 4 is 41.0 Å². The molecule has 5 heteroatoms. The van der Waals surface area contributed by atoms with Gasteiger partial charge in [0.15, 0.2) is 0 Å². The van der Waals surface area contributed by atoms with Crippen molar-refractivity contribution in [2.24, 2.45) is 5.73 Å². The Bertz CT molecular complexity index is 498. The van der Waals surface area contributed by atoms with Crippen molar-refractivity contribution in [3.63, 3.8) is 0 Å². The molecule has 2 nitrogen and oxygen atoms in total. The van der Waals surface area contributed by atoms with Crippen molar-refractivity contribution in [1.82, 2.24) is 0 Å². The number of halogens is 2. The van der Waals surface area contributed by atoms with Crippen LogP contribution in [0.3, 0.4) is 0 Å². The number of thiophene rings is 1. The van der Waals surface area contributed by atoms with E-state index < -0.39 is 0 Å². The van der Waals surface area contributed by atoms with Gasteiger partial charge in [-0.15, -0.1) is 12.4 Å². The van der Waals surface area contributed by atoms with Gasteiger partial charge in [-0.3, -0.25) is 0 Å². The van der Waals surface area contributed by atoms with Crippen LogP contribution in [0.4, 0.5) is 5.69 Å². The summed E-state index contributed by atoms with van der Waals surface area (Å²) in [6, 6.07) is 7.87. The van der Waals surface area contributed by atoms with E-state index in [-0.39, 0.29) is 18.4 Å². The Morgan fingerprint density at radius 3 is 2.50 bits per heavy atom. The molecule has 98 valence electrons. The lowest BCUT2D eigenvalue weighted by Gasteiger charge is -2.17. The summed E-state index contributed by atoms with van der Waals surface area (Å²) in [5.74, 6) is 0. The van der Waals surface area contributed by atoms with Gasteiger partial charge in [-0.2, -0.15) is 11.3 Å². The van der Waals surface area contributed by atoms with Crippen molar-refractivity contribution in [3.05, 3.63) is 51.2 Å². The largest absolute Gasteiger partial charge is 0.378 e. The molecule has 0 saturated carbocycles. The average Bonchev–Trinajstić information content (AvgIpc) is 2.81. The SMILES string of the molecule is CN(C)c1ccc([C@H](N)c2ccsc2)c(Cl)c1.Cl. The average molecular weight is 303 g/mol. The summed E-state index contributed by atoms with van der Waals surface area (Å²) in [7, 11) is 3.98. The second kappa shape index (κ2) is 6.43. The number of anilines is 1. The van der Waals surface area contributed by atoms with Crippen molar-refractivity contribution in [3.8, 4) is 0 Å². The van der Waals surface area contributed by atoms with Crippen molar-refractivity contribution in [2.75, 3.05) is 19.0 Å². The molecular weight excluding hydrogens is 287 g/mol. The van der Waals surface area contributed by atoms with Gasteiger partial charge < -0.3 is 10.6 Å². The molecule has 0 saturated heterocycles. The molecule has 0 aliphatic rings. The molecule has 0 spiro atoms. The highest BCUT2D eigenvalue weighted by Crippen LogP contribution is 2.30. The van der Waals surface area contributed by atoms with Crippen molar-refractivity contribution in [1.29, 1.82) is 0 Å². The first-order chi connectivity index (χ1) is 8.09. The number of hydrogen-bond donors (Lipinski definition) is 1. The minimum Gasteiger partial charge on any atom is -0.378 e. The van der Waals surface area contributed by atoms with Crippen LogP contribution in [0.25, 0.3) is 0 Å². The van der Waals surface area contributed by atoms with Crippen LogP contribution in [0, 0.1) is 0 Å². The van der Waals surface area contributed by atoms with Gasteiger partial charge in [-0.25, -0.2) is 0 Å². The summed E-state index contributed by atoms with van der Waals surface area (Å²) >= 11 is 7.93. The minimum atomic E-state index is -0.148. The number of hydrogen-bond acceptors (Lipinski definition) is 3. The van der Waals surface area contributed by atoms with Gasteiger partial charge in [0.1, 0.15) is 0 Å². The lowest BCUT2D eigenvalue weighted by Crippen LogP contribution is -2.13. The topological polar surface area (TPSA) is 29.3 Å². The predicted molar refractivity (Wildman–Crippen MR) is 83.4 cm³/mol. The third-order valence-electron chi connectivity index (χ3n) is 2.74. The van der Waals surface area contributed by atoms with E-state index in [4.69, 9.17) is 17.3 Å². The van der Waals surface area contributed by atoms with Crippen molar-refractivity contribution in [2.45, 2.75) is 6.04 Å². The molecule has 0 fully saturated rings. The van der Waals surface area contributed by atoms with Crippen LogP contribution in [0.1, 0.15) is 17.2 Å². The Morgan fingerprint density at radius 1 is 1.28 bits per heavy atom. The zero-order valence-electron chi connectivity index (χ0n) is 10.3. The number of nitrogens with two attached hydrogens (primary N) is 1. The van der Waals surface area contributed by atoms with Crippen LogP contribution in [-0.2, 0) is 0 Å². The van der Waals surface area contributed by atoms with E-state index in [1.807, 2.05) is 48.6 Å². The van der Waals surface area contributed by atoms with Crippen LogP contribution in [0.5, 0.6) is 0 Å². The first-order valence-corrected chi connectivity index (χ1v) is 6.66. The molecule has 0 unspecified atom stereocenters. The van der Waals surface area contributed by atoms with Gasteiger partial charge in [0.05, 0.1) is 6.04 Å². The van der Waals surface area contributed by atoms with E-state index >= 15 is 0 Å². The highest BCUT2D eigenvalue weighted by Gasteiger charge is 2.13. The molecule has 0 bridgehead atoms. The smallest absolute Gasteiger partial charge is 0.0574 e. The molecule has 1 heterocycles. The number of benzene rings is 1. The summed E-state index contributed by atoms with van der Waals surface area (Å²) in [5.41, 5.74) is 9.35. The van der Waals surface area contributed by atoms with E-state index in [1.54, 1.807) is 11.3 Å². The molecule has 0 aliphatic heterocycles. The fourth-order valence-corrected chi connectivity index (χ4v) is 2.67. The Labute approximate surface area is 123 Å². The third-order valence-corrected chi connectivity index (χ3v) is 3.77. The first-order valence-electron chi connectivity index (χ1n) is 5.34. The molecule has 1 aromatic heterocycles. The highest BCUT2D eigenvalue weighted by atomic mass is 35.5. The van der Waals surface area contributed by atoms with Gasteiger partial charge in [0.2, 0.25) is 0 Å². The fraction of sp³-hybridized carbons (Fsp3) is 0.231. The lowest BCUT2D eigenvalue weighted by atomic mass is 10.0. The summed E-state index contributed by atoms with van der Waals surface area (Å²) in [6.45, 7) is 0. The standard InChI is InChI=1S/C13H15ClN2S.ClH/c1-16(2)10-3-4-11(12(14)7-10)13(15)9-5-6-17-8-9;/h3-8,13H,15H2,1-2H3;1H/t13-;/m1./s1. The second-order valence-electron chi connectivity index (χ2n) is 4.13. The maximum Gasteiger partial charge on any atom is 0.0574 e. The summed E-state index contributed by atoms with van der Waals surface area (Å²) in [5, 5.41) is 4.80. The molecule has 0 aliphatic carbocycles. The maximum atomic E-state index is 6.28. The third kappa shape index (κ3) is 3.18. The maximum absolute atomic E-state index is 6.28. The van der Waals surface area contributed by atoms with Crippen LogP contribution < -0.4 is 10.6 Å². The summed E-state index contributed by atoms with van der Waals surface area (Å²) < 4.78 is 0. The Hall–Kier alpha value is -0.740. The molecule has 2 aromatic rings. The van der Waals surface area contributed by atoms with E-state index in [0.29, 0.717) is 0 Å². The molecule has 0 radical (unpaired) electrons. The second-order valence-corrected chi connectivity index (χ2v) is 5.32. The summed E-state index contributed by atoms with van der Waals surface area (Å²) in [4.78, 5) is 2.02. The normalized spacial score (nSPS) is 11.8. The van der Waals surface area contributed by atoms with Gasteiger partial charge in [-0.05, 0) is 40.1 Å². The van der Waals surface area contributed by atoms with E-state index in [9.17, 15) is 0 Å². The van der Waals surface area contributed by atoms with Crippen LogP contribution in [-0.4, -0.2) is 14.1 Å². The molecule has 2 rings (SSSR count). The van der Waals surface area contributed by atoms with Gasteiger partial charge >= 0.3 is 0 Å². The Balaban J connectivity index is 0.00000162. The monoisotopic (exact) mass is 302 g/mol. The number of rotatable bonds is 3. The zero-order chi connectivity index (χ0) is 12.4. The minimum absolute atomic E-state index is 0. The van der Waals surface area contributed by atoms with E-state index in [2.05, 4.69) is 5.38 Å². The van der Waals surface area contributed by atoms with Gasteiger partial charge in [-0.1, -0.05) is 17.7 Å². The molecule has 18 heavy (non-hydrogen) atoms. The lowest BCUT2D eigenvalue weighted by molar-refractivity contribution is 0.876. The fourth-order valence-electron chi connectivity index (χ4n) is 1.68. The molecular formula is C13H16Cl2N2S. The quantitative estimate of drug-likeness (QED) is 0.930. The zero-order valence-corrected chi connectivity index (χ0v) is 12.6. The highest BCUT2D eigenvalue weighted by molar-refractivity contribution is 7.08. The summed E-state index contributed by atoms with van der Waals surface area (Å²) in [6.07, 6.45) is 0.